The molecule has 2 N–H and O–H groups in total. The van der Waals surface area contributed by atoms with Gasteiger partial charge in [-0.2, -0.15) is 0 Å². The number of halogens is 1. The van der Waals surface area contributed by atoms with Crippen molar-refractivity contribution in [3.8, 4) is 11.3 Å². The van der Waals surface area contributed by atoms with E-state index in [-0.39, 0.29) is 23.2 Å². The van der Waals surface area contributed by atoms with E-state index in [0.29, 0.717) is 17.9 Å². The molecular formula is C23H28FN3O2. The van der Waals surface area contributed by atoms with Crippen LogP contribution in [0.4, 0.5) is 4.39 Å². The molecule has 5 atom stereocenters. The van der Waals surface area contributed by atoms with Crippen LogP contribution in [0.15, 0.2) is 35.9 Å². The topological polar surface area (TPSA) is 70.6 Å². The largest absolute Gasteiger partial charge is 0.411 e. The summed E-state index contributed by atoms with van der Waals surface area (Å²) in [6, 6.07) is 4.93. The SMILES string of the molecule is CCC1(C(O)CC2c3c(F)cccc3-c3cncn32)CC2CC/C(=N\O)C(C2)C1. The van der Waals surface area contributed by atoms with Gasteiger partial charge in [0.2, 0.25) is 0 Å². The Hall–Kier alpha value is -2.21. The van der Waals surface area contributed by atoms with E-state index in [9.17, 15) is 14.7 Å². The van der Waals surface area contributed by atoms with E-state index < -0.39 is 6.10 Å². The van der Waals surface area contributed by atoms with Gasteiger partial charge in [-0.15, -0.1) is 0 Å². The summed E-state index contributed by atoms with van der Waals surface area (Å²) in [5.41, 5.74) is 3.13. The molecule has 1 aliphatic heterocycles. The molecule has 2 saturated carbocycles. The Morgan fingerprint density at radius 1 is 1.38 bits per heavy atom. The first-order valence-corrected chi connectivity index (χ1v) is 10.8. The summed E-state index contributed by atoms with van der Waals surface area (Å²) in [6.45, 7) is 2.14. The van der Waals surface area contributed by atoms with E-state index in [1.165, 1.54) is 6.07 Å². The monoisotopic (exact) mass is 397 g/mol. The summed E-state index contributed by atoms with van der Waals surface area (Å²) in [5.74, 6) is 0.591. The van der Waals surface area contributed by atoms with Crippen LogP contribution in [0.3, 0.4) is 0 Å². The van der Waals surface area contributed by atoms with Gasteiger partial charge in [-0.3, -0.25) is 0 Å². The van der Waals surface area contributed by atoms with Crippen LogP contribution < -0.4 is 0 Å². The highest BCUT2D eigenvalue weighted by Crippen LogP contribution is 2.53. The van der Waals surface area contributed by atoms with Gasteiger partial charge >= 0.3 is 0 Å². The minimum Gasteiger partial charge on any atom is -0.411 e. The lowest BCUT2D eigenvalue weighted by atomic mass is 9.56. The zero-order valence-corrected chi connectivity index (χ0v) is 16.8. The average molecular weight is 397 g/mol. The number of aliphatic hydroxyl groups excluding tert-OH is 1. The van der Waals surface area contributed by atoms with E-state index in [2.05, 4.69) is 17.1 Å². The molecule has 0 spiro atoms. The Morgan fingerprint density at radius 3 is 3.03 bits per heavy atom. The second kappa shape index (κ2) is 6.94. The molecule has 2 fully saturated rings. The molecule has 154 valence electrons. The van der Waals surface area contributed by atoms with Crippen LogP contribution in [-0.2, 0) is 0 Å². The van der Waals surface area contributed by atoms with Crippen LogP contribution >= 0.6 is 0 Å². The van der Waals surface area contributed by atoms with Crippen molar-refractivity contribution in [2.24, 2.45) is 22.4 Å². The fourth-order valence-electron chi connectivity index (χ4n) is 6.37. The van der Waals surface area contributed by atoms with Crippen molar-refractivity contribution in [3.63, 3.8) is 0 Å². The average Bonchev–Trinajstić information content (AvgIpc) is 3.31. The Balaban J connectivity index is 1.47. The molecule has 5 nitrogen and oxygen atoms in total. The molecule has 29 heavy (non-hydrogen) atoms. The lowest BCUT2D eigenvalue weighted by Gasteiger charge is -2.50. The van der Waals surface area contributed by atoms with E-state index in [4.69, 9.17) is 0 Å². The van der Waals surface area contributed by atoms with E-state index in [1.54, 1.807) is 18.6 Å². The van der Waals surface area contributed by atoms with E-state index >= 15 is 0 Å². The van der Waals surface area contributed by atoms with Gasteiger partial charge in [0, 0.05) is 17.0 Å². The molecule has 5 unspecified atom stereocenters. The van der Waals surface area contributed by atoms with Crippen molar-refractivity contribution in [1.82, 2.24) is 9.55 Å². The summed E-state index contributed by atoms with van der Waals surface area (Å²) in [7, 11) is 0. The summed E-state index contributed by atoms with van der Waals surface area (Å²) >= 11 is 0. The minimum absolute atomic E-state index is 0.218. The van der Waals surface area contributed by atoms with Crippen LogP contribution in [0.1, 0.15) is 63.5 Å². The third-order valence-corrected chi connectivity index (χ3v) is 7.90. The number of rotatable bonds is 4. The highest BCUT2D eigenvalue weighted by atomic mass is 19.1. The fourth-order valence-corrected chi connectivity index (χ4v) is 6.37. The van der Waals surface area contributed by atoms with E-state index in [1.807, 2.05) is 10.6 Å². The lowest BCUT2D eigenvalue weighted by Crippen LogP contribution is -2.46. The van der Waals surface area contributed by atoms with Gasteiger partial charge < -0.3 is 14.9 Å². The predicted molar refractivity (Wildman–Crippen MR) is 108 cm³/mol. The number of hydrogen-bond donors (Lipinski definition) is 2. The number of oxime groups is 1. The van der Waals surface area contributed by atoms with Gasteiger partial charge in [-0.25, -0.2) is 9.37 Å². The van der Waals surface area contributed by atoms with Gasteiger partial charge in [0.1, 0.15) is 5.82 Å². The number of fused-ring (bicyclic) bond motifs is 5. The van der Waals surface area contributed by atoms with Crippen LogP contribution in [0, 0.1) is 23.1 Å². The fraction of sp³-hybridized carbons (Fsp3) is 0.565. The first-order valence-electron chi connectivity index (χ1n) is 10.8. The quantitative estimate of drug-likeness (QED) is 0.576. The first kappa shape index (κ1) is 18.8. The number of nitrogens with zero attached hydrogens (tertiary/aromatic N) is 3. The molecule has 2 bridgehead atoms. The number of hydrogen-bond acceptors (Lipinski definition) is 4. The summed E-state index contributed by atoms with van der Waals surface area (Å²) in [5, 5.41) is 24.5. The molecule has 2 aromatic rings. The Morgan fingerprint density at radius 2 is 2.24 bits per heavy atom. The van der Waals surface area contributed by atoms with Crippen LogP contribution in [0.5, 0.6) is 0 Å². The maximum Gasteiger partial charge on any atom is 0.129 e. The zero-order valence-electron chi connectivity index (χ0n) is 16.8. The first-order chi connectivity index (χ1) is 14.1. The third-order valence-electron chi connectivity index (χ3n) is 7.90. The molecule has 0 amide bonds. The van der Waals surface area contributed by atoms with Crippen LogP contribution in [-0.4, -0.2) is 31.7 Å². The number of aromatic nitrogens is 2. The maximum absolute atomic E-state index is 14.8. The second-order valence-corrected chi connectivity index (χ2v) is 9.21. The summed E-state index contributed by atoms with van der Waals surface area (Å²) in [6.07, 6.45) is 9.08. The van der Waals surface area contributed by atoms with Crippen molar-refractivity contribution >= 4 is 5.71 Å². The van der Waals surface area contributed by atoms with Crippen LogP contribution in [0.2, 0.25) is 0 Å². The predicted octanol–water partition coefficient (Wildman–Crippen LogP) is 4.78. The van der Waals surface area contributed by atoms with Gasteiger partial charge in [0.15, 0.2) is 0 Å². The van der Waals surface area contributed by atoms with Crippen molar-refractivity contribution in [2.75, 3.05) is 0 Å². The molecule has 3 aliphatic rings. The smallest absolute Gasteiger partial charge is 0.129 e. The molecular weight excluding hydrogens is 369 g/mol. The van der Waals surface area contributed by atoms with Gasteiger partial charge in [0.25, 0.3) is 0 Å². The Bertz CT molecular complexity index is 955. The number of imidazole rings is 1. The maximum atomic E-state index is 14.8. The Labute approximate surface area is 170 Å². The zero-order chi connectivity index (χ0) is 20.2. The molecule has 1 aromatic heterocycles. The molecule has 2 heterocycles. The molecule has 1 aromatic carbocycles. The highest BCUT2D eigenvalue weighted by Gasteiger charge is 2.48. The Kier molecular flexibility index (Phi) is 4.50. The highest BCUT2D eigenvalue weighted by molar-refractivity contribution is 5.87. The molecule has 0 radical (unpaired) electrons. The molecule has 6 heteroatoms. The van der Waals surface area contributed by atoms with Crippen molar-refractivity contribution in [3.05, 3.63) is 42.1 Å². The normalized spacial score (nSPS) is 32.8. The molecule has 0 saturated heterocycles. The van der Waals surface area contributed by atoms with Crippen molar-refractivity contribution in [1.29, 1.82) is 0 Å². The van der Waals surface area contributed by atoms with Gasteiger partial charge in [-0.1, -0.05) is 24.2 Å². The molecule has 2 aliphatic carbocycles. The van der Waals surface area contributed by atoms with Crippen LogP contribution in [0.25, 0.3) is 11.3 Å². The summed E-state index contributed by atoms with van der Waals surface area (Å²) < 4.78 is 16.8. The number of benzene rings is 1. The minimum atomic E-state index is -0.554. The number of aliphatic hydroxyl groups is 1. The summed E-state index contributed by atoms with van der Waals surface area (Å²) in [4.78, 5) is 4.26. The second-order valence-electron chi connectivity index (χ2n) is 9.21. The van der Waals surface area contributed by atoms with Crippen molar-refractivity contribution < 1.29 is 14.7 Å². The lowest BCUT2D eigenvalue weighted by molar-refractivity contribution is -0.0453. The van der Waals surface area contributed by atoms with Gasteiger partial charge in [-0.05, 0) is 62.3 Å². The van der Waals surface area contributed by atoms with Crippen molar-refractivity contribution in [2.45, 2.75) is 64.0 Å². The molecule has 5 rings (SSSR count). The van der Waals surface area contributed by atoms with E-state index in [0.717, 1.165) is 55.5 Å². The van der Waals surface area contributed by atoms with Gasteiger partial charge in [0.05, 0.1) is 36.1 Å². The standard InChI is InChI=1S/C23H28FN3O2/c1-2-23(10-14-6-7-18(26-29)15(8-14)11-23)21(28)9-19-22-16(4-3-5-17(22)24)20-12-25-13-27(19)20/h3-5,12-15,19,21,28-29H,2,6-11H2,1H3/b26-18+. The third kappa shape index (κ3) is 2.83.